The van der Waals surface area contributed by atoms with Gasteiger partial charge in [0.25, 0.3) is 5.91 Å². The van der Waals surface area contributed by atoms with Crippen LogP contribution in [-0.4, -0.2) is 24.1 Å². The van der Waals surface area contributed by atoms with E-state index in [4.69, 9.17) is 4.74 Å². The highest BCUT2D eigenvalue weighted by atomic mass is 79.9. The van der Waals surface area contributed by atoms with Gasteiger partial charge in [0.15, 0.2) is 0 Å². The molecule has 5 nitrogen and oxygen atoms in total. The van der Waals surface area contributed by atoms with Crippen LogP contribution in [0.2, 0.25) is 0 Å². The molecule has 0 bridgehead atoms. The second-order valence-electron chi connectivity index (χ2n) is 3.77. The van der Waals surface area contributed by atoms with E-state index in [-0.39, 0.29) is 17.2 Å². The molecule has 20 heavy (non-hydrogen) atoms. The van der Waals surface area contributed by atoms with E-state index in [0.29, 0.717) is 15.1 Å². The normalized spacial score (nSPS) is 10.1. The smallest absolute Gasteiger partial charge is 0.337 e. The number of ether oxygens (including phenoxy) is 1. The summed E-state index contributed by atoms with van der Waals surface area (Å²) in [5.41, 5.74) is 0.203. The molecule has 0 unspecified atom stereocenters. The number of nitrogens with one attached hydrogen (secondary N) is 1. The Morgan fingerprint density at radius 2 is 2.10 bits per heavy atom. The van der Waals surface area contributed by atoms with Gasteiger partial charge in [0, 0.05) is 4.47 Å². The Balaban J connectivity index is 2.32. The highest BCUT2D eigenvalue weighted by Crippen LogP contribution is 2.26. The van der Waals surface area contributed by atoms with Crippen LogP contribution in [0.5, 0.6) is 5.75 Å². The quantitative estimate of drug-likeness (QED) is 0.880. The van der Waals surface area contributed by atoms with Crippen molar-refractivity contribution in [2.24, 2.45) is 0 Å². The van der Waals surface area contributed by atoms with Crippen molar-refractivity contribution >= 4 is 44.8 Å². The number of benzene rings is 1. The third-order valence-electron chi connectivity index (χ3n) is 2.53. The summed E-state index contributed by atoms with van der Waals surface area (Å²) >= 11 is 4.53. The summed E-state index contributed by atoms with van der Waals surface area (Å²) in [4.78, 5) is 23.8. The van der Waals surface area contributed by atoms with Gasteiger partial charge in [0.2, 0.25) is 0 Å². The van der Waals surface area contributed by atoms with Crippen molar-refractivity contribution in [3.63, 3.8) is 0 Å². The highest BCUT2D eigenvalue weighted by Gasteiger charge is 2.17. The molecule has 1 aromatic carbocycles. The maximum absolute atomic E-state index is 12.1. The molecular weight excluding hydrogens is 346 g/mol. The van der Waals surface area contributed by atoms with Crippen molar-refractivity contribution in [3.05, 3.63) is 44.6 Å². The van der Waals surface area contributed by atoms with Crippen LogP contribution in [0.15, 0.2) is 34.1 Å². The minimum Gasteiger partial charge on any atom is -0.497 e. The lowest BCUT2D eigenvalue weighted by atomic mass is 10.1. The Morgan fingerprint density at radius 1 is 1.35 bits per heavy atom. The standard InChI is InChI=1S/C13H10BrNO4S/c1-19-7-2-3-10(8(6-7)13(17)18)15-12(16)11-9(14)4-5-20-11/h2-6H,1H3,(H,15,16)(H,17,18). The molecule has 0 aliphatic carbocycles. The first kappa shape index (κ1) is 14.5. The number of carbonyl (C=O) groups excluding carboxylic acids is 1. The van der Waals surface area contributed by atoms with E-state index in [1.807, 2.05) is 0 Å². The lowest BCUT2D eigenvalue weighted by Gasteiger charge is -2.09. The van der Waals surface area contributed by atoms with Crippen LogP contribution in [0.25, 0.3) is 0 Å². The van der Waals surface area contributed by atoms with Gasteiger partial charge in [-0.3, -0.25) is 4.79 Å². The molecule has 2 N–H and O–H groups in total. The van der Waals surface area contributed by atoms with Gasteiger partial charge in [0.05, 0.1) is 18.4 Å². The first-order chi connectivity index (χ1) is 9.52. The van der Waals surface area contributed by atoms with Crippen LogP contribution in [0.4, 0.5) is 5.69 Å². The Labute approximate surface area is 127 Å². The fraction of sp³-hybridized carbons (Fsp3) is 0.0769. The van der Waals surface area contributed by atoms with E-state index >= 15 is 0 Å². The molecule has 0 aliphatic heterocycles. The molecular formula is C13H10BrNO4S. The van der Waals surface area contributed by atoms with E-state index in [1.54, 1.807) is 17.5 Å². The molecule has 0 saturated carbocycles. The Hall–Kier alpha value is -1.86. The molecule has 0 saturated heterocycles. The average molecular weight is 356 g/mol. The van der Waals surface area contributed by atoms with Gasteiger partial charge in [0.1, 0.15) is 10.6 Å². The van der Waals surface area contributed by atoms with Gasteiger partial charge in [-0.2, -0.15) is 0 Å². The average Bonchev–Trinajstić information content (AvgIpc) is 2.85. The lowest BCUT2D eigenvalue weighted by molar-refractivity contribution is 0.0697. The zero-order chi connectivity index (χ0) is 14.7. The van der Waals surface area contributed by atoms with E-state index in [0.717, 1.165) is 0 Å². The molecule has 2 rings (SSSR count). The van der Waals surface area contributed by atoms with Gasteiger partial charge in [-0.15, -0.1) is 11.3 Å². The van der Waals surface area contributed by atoms with Crippen LogP contribution in [0.1, 0.15) is 20.0 Å². The summed E-state index contributed by atoms with van der Waals surface area (Å²) in [6.45, 7) is 0. The Bertz CT molecular complexity index is 668. The van der Waals surface area contributed by atoms with Crippen molar-refractivity contribution < 1.29 is 19.4 Å². The van der Waals surface area contributed by atoms with Crippen molar-refractivity contribution in [1.82, 2.24) is 0 Å². The predicted molar refractivity (Wildman–Crippen MR) is 79.9 cm³/mol. The number of methoxy groups -OCH3 is 1. The summed E-state index contributed by atoms with van der Waals surface area (Å²) in [6.07, 6.45) is 0. The third-order valence-corrected chi connectivity index (χ3v) is 4.37. The second kappa shape index (κ2) is 6.06. The maximum Gasteiger partial charge on any atom is 0.337 e. The SMILES string of the molecule is COc1ccc(NC(=O)c2sccc2Br)c(C(=O)O)c1. The number of carboxylic acids is 1. The predicted octanol–water partition coefficient (Wildman–Crippen LogP) is 3.47. The highest BCUT2D eigenvalue weighted by molar-refractivity contribution is 9.10. The maximum atomic E-state index is 12.1. The van der Waals surface area contributed by atoms with E-state index < -0.39 is 5.97 Å². The molecule has 0 spiro atoms. The molecule has 1 heterocycles. The van der Waals surface area contributed by atoms with Gasteiger partial charge < -0.3 is 15.2 Å². The third kappa shape index (κ3) is 3.00. The summed E-state index contributed by atoms with van der Waals surface area (Å²) < 4.78 is 5.65. The molecule has 2 aromatic rings. The zero-order valence-corrected chi connectivity index (χ0v) is 12.7. The number of carbonyl (C=O) groups is 2. The Kier molecular flexibility index (Phi) is 4.41. The van der Waals surface area contributed by atoms with Gasteiger partial charge in [-0.25, -0.2) is 4.79 Å². The van der Waals surface area contributed by atoms with Crippen LogP contribution in [-0.2, 0) is 0 Å². The molecule has 0 aliphatic rings. The fourth-order valence-electron chi connectivity index (χ4n) is 1.57. The number of thiophene rings is 1. The van der Waals surface area contributed by atoms with Crippen molar-refractivity contribution in [2.45, 2.75) is 0 Å². The molecule has 0 fully saturated rings. The fourth-order valence-corrected chi connectivity index (χ4v) is 3.02. The number of hydrogen-bond acceptors (Lipinski definition) is 4. The molecule has 7 heteroatoms. The molecule has 104 valence electrons. The topological polar surface area (TPSA) is 75.6 Å². The largest absolute Gasteiger partial charge is 0.497 e. The molecule has 0 radical (unpaired) electrons. The van der Waals surface area contributed by atoms with E-state index in [9.17, 15) is 14.7 Å². The summed E-state index contributed by atoms with van der Waals surface area (Å²) in [6, 6.07) is 6.21. The van der Waals surface area contributed by atoms with Crippen molar-refractivity contribution in [3.8, 4) is 5.75 Å². The number of anilines is 1. The zero-order valence-electron chi connectivity index (χ0n) is 10.3. The molecule has 1 aromatic heterocycles. The summed E-state index contributed by atoms with van der Waals surface area (Å²) in [5, 5.41) is 13.5. The number of hydrogen-bond donors (Lipinski definition) is 2. The first-order valence-electron chi connectivity index (χ1n) is 5.48. The number of halogens is 1. The van der Waals surface area contributed by atoms with Gasteiger partial charge >= 0.3 is 5.97 Å². The monoisotopic (exact) mass is 355 g/mol. The van der Waals surface area contributed by atoms with Crippen LogP contribution in [0.3, 0.4) is 0 Å². The summed E-state index contributed by atoms with van der Waals surface area (Å²) in [7, 11) is 1.45. The number of amides is 1. The molecule has 0 atom stereocenters. The minimum atomic E-state index is -1.13. The van der Waals surface area contributed by atoms with Crippen LogP contribution in [0, 0.1) is 0 Å². The van der Waals surface area contributed by atoms with Crippen molar-refractivity contribution in [1.29, 1.82) is 0 Å². The van der Waals surface area contributed by atoms with Crippen LogP contribution >= 0.6 is 27.3 Å². The van der Waals surface area contributed by atoms with Gasteiger partial charge in [-0.05, 0) is 45.6 Å². The number of carboxylic acid groups (broad SMARTS) is 1. The summed E-state index contributed by atoms with van der Waals surface area (Å²) in [5.74, 6) is -1.08. The lowest BCUT2D eigenvalue weighted by Crippen LogP contribution is -2.14. The van der Waals surface area contributed by atoms with E-state index in [2.05, 4.69) is 21.2 Å². The Morgan fingerprint density at radius 3 is 2.65 bits per heavy atom. The second-order valence-corrected chi connectivity index (χ2v) is 5.54. The van der Waals surface area contributed by atoms with Gasteiger partial charge in [-0.1, -0.05) is 0 Å². The number of aromatic carboxylic acids is 1. The van der Waals surface area contributed by atoms with Crippen molar-refractivity contribution in [2.75, 3.05) is 12.4 Å². The van der Waals surface area contributed by atoms with Crippen LogP contribution < -0.4 is 10.1 Å². The molecule has 1 amide bonds. The number of rotatable bonds is 4. The first-order valence-corrected chi connectivity index (χ1v) is 7.16. The minimum absolute atomic E-state index is 0.0228. The van der Waals surface area contributed by atoms with E-state index in [1.165, 1.54) is 30.6 Å².